The Labute approximate surface area is 165 Å². The minimum Gasteiger partial charge on any atom is -0.466 e. The number of ether oxygens (including phenoxy) is 1. The normalized spacial score (nSPS) is 14.4. The number of hydrogen-bond donors (Lipinski definition) is 1. The van der Waals surface area contributed by atoms with Crippen molar-refractivity contribution < 1.29 is 14.6 Å². The summed E-state index contributed by atoms with van der Waals surface area (Å²) in [5, 5.41) is 22.4. The van der Waals surface area contributed by atoms with Crippen molar-refractivity contribution in [3.63, 3.8) is 0 Å². The minimum absolute atomic E-state index is 0.0156. The number of anilines is 1. The highest BCUT2D eigenvalue weighted by atomic mass is 16.5. The minimum atomic E-state index is -0.789. The van der Waals surface area contributed by atoms with E-state index in [-0.39, 0.29) is 43.0 Å². The van der Waals surface area contributed by atoms with Crippen LogP contribution in [0, 0.1) is 6.92 Å². The van der Waals surface area contributed by atoms with Crippen molar-refractivity contribution in [2.24, 2.45) is 0 Å². The Morgan fingerprint density at radius 2 is 2.00 bits per heavy atom. The predicted octanol–water partition coefficient (Wildman–Crippen LogP) is -0.325. The van der Waals surface area contributed by atoms with Crippen LogP contribution in [0.25, 0.3) is 0 Å². The number of carbonyl (C=O) groups excluding carboxylic acids is 1. The highest BCUT2D eigenvalue weighted by Crippen LogP contribution is 2.24. The zero-order valence-corrected chi connectivity index (χ0v) is 15.9. The van der Waals surface area contributed by atoms with Crippen molar-refractivity contribution in [3.8, 4) is 5.88 Å². The number of nitrogens with zero attached hydrogens (tertiary/aromatic N) is 7. The Balaban J connectivity index is 1.50. The Bertz CT molecular complexity index is 1110. The molecule has 0 spiro atoms. The van der Waals surface area contributed by atoms with E-state index in [4.69, 9.17) is 4.74 Å². The van der Waals surface area contributed by atoms with Gasteiger partial charge in [-0.2, -0.15) is 4.80 Å². The average Bonchev–Trinajstić information content (AvgIpc) is 3.14. The van der Waals surface area contributed by atoms with Crippen LogP contribution in [0.15, 0.2) is 35.4 Å². The van der Waals surface area contributed by atoms with Crippen LogP contribution in [0.3, 0.4) is 0 Å². The molecule has 11 heteroatoms. The Morgan fingerprint density at radius 3 is 2.76 bits per heavy atom. The van der Waals surface area contributed by atoms with Crippen LogP contribution in [-0.4, -0.2) is 54.4 Å². The van der Waals surface area contributed by atoms with Gasteiger partial charge in [0.2, 0.25) is 5.88 Å². The van der Waals surface area contributed by atoms with Crippen molar-refractivity contribution in [1.29, 1.82) is 0 Å². The summed E-state index contributed by atoms with van der Waals surface area (Å²) < 4.78 is 6.47. The lowest BCUT2D eigenvalue weighted by atomic mass is 10.1. The molecule has 1 amide bonds. The van der Waals surface area contributed by atoms with E-state index in [1.54, 1.807) is 0 Å². The van der Waals surface area contributed by atoms with E-state index in [1.165, 1.54) is 27.6 Å². The molecule has 1 aromatic carbocycles. The lowest BCUT2D eigenvalue weighted by Crippen LogP contribution is -2.41. The van der Waals surface area contributed by atoms with Gasteiger partial charge in [0.1, 0.15) is 12.4 Å². The third-order valence-corrected chi connectivity index (χ3v) is 4.63. The van der Waals surface area contributed by atoms with Crippen LogP contribution in [0.5, 0.6) is 5.88 Å². The first-order valence-corrected chi connectivity index (χ1v) is 8.92. The fourth-order valence-corrected chi connectivity index (χ4v) is 2.94. The second-order valence-corrected chi connectivity index (χ2v) is 6.76. The number of aromatic nitrogens is 6. The van der Waals surface area contributed by atoms with Gasteiger partial charge in [-0.05, 0) is 17.7 Å². The zero-order valence-electron chi connectivity index (χ0n) is 15.9. The molecule has 1 atom stereocenters. The molecule has 0 radical (unpaired) electrons. The predicted molar refractivity (Wildman–Crippen MR) is 100 cm³/mol. The van der Waals surface area contributed by atoms with Crippen molar-refractivity contribution >= 4 is 11.6 Å². The van der Waals surface area contributed by atoms with E-state index in [9.17, 15) is 14.7 Å². The van der Waals surface area contributed by atoms with Gasteiger partial charge in [-0.3, -0.25) is 14.2 Å². The molecule has 11 nitrogen and oxygen atoms in total. The van der Waals surface area contributed by atoms with E-state index in [0.717, 1.165) is 11.1 Å². The van der Waals surface area contributed by atoms with Crippen LogP contribution in [0.1, 0.15) is 23.1 Å². The Hall–Kier alpha value is -3.60. The molecule has 4 rings (SSSR count). The Morgan fingerprint density at radius 1 is 1.24 bits per heavy atom. The second kappa shape index (κ2) is 7.43. The maximum absolute atomic E-state index is 12.7. The summed E-state index contributed by atoms with van der Waals surface area (Å²) in [6, 6.07) is 7.52. The lowest BCUT2D eigenvalue weighted by Gasteiger charge is -2.24. The van der Waals surface area contributed by atoms with Gasteiger partial charge in [0.15, 0.2) is 18.1 Å². The summed E-state index contributed by atoms with van der Waals surface area (Å²) in [4.78, 5) is 31.1. The maximum atomic E-state index is 12.7. The van der Waals surface area contributed by atoms with E-state index in [1.807, 2.05) is 31.2 Å². The third kappa shape index (κ3) is 3.72. The summed E-state index contributed by atoms with van der Waals surface area (Å²) in [5.41, 5.74) is 1.48. The molecule has 0 saturated heterocycles. The largest absolute Gasteiger partial charge is 0.466 e. The molecule has 0 bridgehead atoms. The highest BCUT2D eigenvalue weighted by molar-refractivity contribution is 5.96. The number of tetrazole rings is 1. The summed E-state index contributed by atoms with van der Waals surface area (Å²) in [7, 11) is 1.50. The van der Waals surface area contributed by atoms with Crippen LogP contribution in [-0.2, 0) is 17.9 Å². The SMILES string of the molecule is Cc1ccc([C@@H](O)Cn2nnc(Cn3cnc4c(c3=O)N(C)C(=O)CO4)n2)cc1. The number of likely N-dealkylation sites (N-methyl/N-ethyl adjacent to an activating group) is 1. The smallest absolute Gasteiger partial charge is 0.281 e. The molecule has 0 unspecified atom stereocenters. The number of aryl methyl sites for hydroxylation is 1. The molecular formula is C18H19N7O4. The third-order valence-electron chi connectivity index (χ3n) is 4.63. The molecule has 2 aromatic heterocycles. The molecule has 29 heavy (non-hydrogen) atoms. The van der Waals surface area contributed by atoms with E-state index in [2.05, 4.69) is 20.4 Å². The molecule has 0 aliphatic carbocycles. The molecule has 1 N–H and O–H groups in total. The average molecular weight is 397 g/mol. The summed E-state index contributed by atoms with van der Waals surface area (Å²) in [6.45, 7) is 1.96. The van der Waals surface area contributed by atoms with Crippen LogP contribution < -0.4 is 15.2 Å². The number of fused-ring (bicyclic) bond motifs is 1. The fourth-order valence-electron chi connectivity index (χ4n) is 2.94. The first-order valence-electron chi connectivity index (χ1n) is 8.92. The number of rotatable bonds is 5. The highest BCUT2D eigenvalue weighted by Gasteiger charge is 2.27. The first kappa shape index (κ1) is 18.7. The molecule has 1 aliphatic rings. The Kier molecular flexibility index (Phi) is 4.80. The number of benzene rings is 1. The van der Waals surface area contributed by atoms with Gasteiger partial charge in [0, 0.05) is 7.05 Å². The summed E-state index contributed by atoms with van der Waals surface area (Å²) >= 11 is 0. The van der Waals surface area contributed by atoms with Crippen LogP contribution >= 0.6 is 0 Å². The molecule has 0 saturated carbocycles. The first-order chi connectivity index (χ1) is 13.9. The van der Waals surface area contributed by atoms with Gasteiger partial charge < -0.3 is 14.7 Å². The fraction of sp³-hybridized carbons (Fsp3) is 0.333. The molecule has 0 fully saturated rings. The van der Waals surface area contributed by atoms with Crippen molar-refractivity contribution in [2.75, 3.05) is 18.6 Å². The number of hydrogen-bond acceptors (Lipinski definition) is 8. The zero-order chi connectivity index (χ0) is 20.5. The van der Waals surface area contributed by atoms with Gasteiger partial charge in [-0.15, -0.1) is 10.2 Å². The van der Waals surface area contributed by atoms with Crippen molar-refractivity contribution in [1.82, 2.24) is 29.8 Å². The van der Waals surface area contributed by atoms with Gasteiger partial charge in [0.25, 0.3) is 11.5 Å². The van der Waals surface area contributed by atoms with Crippen LogP contribution in [0.2, 0.25) is 0 Å². The topological polar surface area (TPSA) is 128 Å². The van der Waals surface area contributed by atoms with E-state index in [0.29, 0.717) is 0 Å². The van der Waals surface area contributed by atoms with Crippen LogP contribution in [0.4, 0.5) is 5.69 Å². The van der Waals surface area contributed by atoms with Gasteiger partial charge in [-0.1, -0.05) is 29.8 Å². The lowest BCUT2D eigenvalue weighted by molar-refractivity contribution is -0.121. The number of carbonyl (C=O) groups is 1. The molecule has 3 heterocycles. The van der Waals surface area contributed by atoms with Gasteiger partial charge in [0.05, 0.1) is 13.1 Å². The number of aliphatic hydroxyl groups is 1. The van der Waals surface area contributed by atoms with Gasteiger partial charge in [-0.25, -0.2) is 4.98 Å². The quantitative estimate of drug-likeness (QED) is 0.620. The van der Waals surface area contributed by atoms with Crippen molar-refractivity contribution in [2.45, 2.75) is 26.1 Å². The maximum Gasteiger partial charge on any atom is 0.281 e. The summed E-state index contributed by atoms with van der Waals surface area (Å²) in [5.74, 6) is 0.0603. The molecule has 1 aliphatic heterocycles. The summed E-state index contributed by atoms with van der Waals surface area (Å²) in [6.07, 6.45) is 0.523. The van der Waals surface area contributed by atoms with Crippen molar-refractivity contribution in [3.05, 3.63) is 57.9 Å². The molecule has 3 aromatic rings. The number of amides is 1. The number of aliphatic hydroxyl groups excluding tert-OH is 1. The standard InChI is InChI=1S/C18H19N7O4/c1-11-3-5-12(6-4-11)13(26)7-25-21-14(20-22-25)8-24-10-19-17-16(18(24)28)23(2)15(27)9-29-17/h3-6,10,13,26H,7-9H2,1-2H3/t13-/m0/s1. The monoisotopic (exact) mass is 397 g/mol. The molecular weight excluding hydrogens is 378 g/mol. The van der Waals surface area contributed by atoms with Gasteiger partial charge >= 0.3 is 0 Å². The van der Waals surface area contributed by atoms with E-state index < -0.39 is 11.7 Å². The second-order valence-electron chi connectivity index (χ2n) is 6.76. The van der Waals surface area contributed by atoms with E-state index >= 15 is 0 Å². The molecule has 150 valence electrons.